The molecule has 0 radical (unpaired) electrons. The lowest BCUT2D eigenvalue weighted by Gasteiger charge is -2.10. The molecule has 0 amide bonds. The molecule has 3 aromatic rings. The van der Waals surface area contributed by atoms with Crippen molar-refractivity contribution in [3.05, 3.63) is 83.4 Å². The van der Waals surface area contributed by atoms with Crippen molar-refractivity contribution in [1.82, 2.24) is 4.57 Å². The normalized spacial score (nSPS) is 10.4. The molecule has 34 heavy (non-hydrogen) atoms. The van der Waals surface area contributed by atoms with E-state index in [1.165, 1.54) is 12.2 Å². The number of hydrogen-bond acceptors (Lipinski definition) is 6. The van der Waals surface area contributed by atoms with E-state index in [-0.39, 0.29) is 11.1 Å². The van der Waals surface area contributed by atoms with Crippen LogP contribution >= 0.6 is 0 Å². The molecule has 0 aromatic carbocycles. The smallest absolute Gasteiger partial charge is 0.151 e. The van der Waals surface area contributed by atoms with E-state index in [2.05, 4.69) is 11.5 Å². The van der Waals surface area contributed by atoms with Crippen molar-refractivity contribution in [2.45, 2.75) is 19.9 Å². The summed E-state index contributed by atoms with van der Waals surface area (Å²) in [5.74, 6) is 2.56. The van der Waals surface area contributed by atoms with E-state index < -0.39 is 0 Å². The van der Waals surface area contributed by atoms with Crippen molar-refractivity contribution < 1.29 is 8.83 Å². The molecule has 0 saturated heterocycles. The molecule has 3 aromatic heterocycles. The van der Waals surface area contributed by atoms with Crippen LogP contribution in [0.5, 0.6) is 0 Å². The summed E-state index contributed by atoms with van der Waals surface area (Å²) in [6.07, 6.45) is 10.3. The highest BCUT2D eigenvalue weighted by molar-refractivity contribution is 5.66. The molecular formula is C27H19N5O2. The summed E-state index contributed by atoms with van der Waals surface area (Å²) in [6, 6.07) is 18.5. The van der Waals surface area contributed by atoms with Crippen LogP contribution < -0.4 is 0 Å². The van der Waals surface area contributed by atoms with Gasteiger partial charge >= 0.3 is 0 Å². The molecule has 3 rings (SSSR count). The van der Waals surface area contributed by atoms with Gasteiger partial charge in [-0.05, 0) is 67.1 Å². The first kappa shape index (κ1) is 23.4. The van der Waals surface area contributed by atoms with Gasteiger partial charge in [0.25, 0.3) is 0 Å². The van der Waals surface area contributed by atoms with Crippen LogP contribution in [-0.2, 0) is 6.54 Å². The van der Waals surface area contributed by atoms with E-state index in [1.807, 2.05) is 36.4 Å². The fourth-order valence-corrected chi connectivity index (χ4v) is 3.20. The fraction of sp³-hybridized carbons (Fsp3) is 0.111. The predicted octanol–water partition coefficient (Wildman–Crippen LogP) is 6.39. The molecule has 164 valence electrons. The van der Waals surface area contributed by atoms with Crippen LogP contribution in [0.1, 0.15) is 24.9 Å². The van der Waals surface area contributed by atoms with E-state index in [0.29, 0.717) is 23.0 Å². The van der Waals surface area contributed by atoms with E-state index in [4.69, 9.17) is 29.9 Å². The Labute approximate surface area is 197 Å². The number of nitrogens with zero attached hydrogens (tertiary/aromatic N) is 5. The Balaban J connectivity index is 1.87. The van der Waals surface area contributed by atoms with Crippen molar-refractivity contribution in [3.63, 3.8) is 0 Å². The molecule has 0 spiro atoms. The maximum absolute atomic E-state index is 8.80. The van der Waals surface area contributed by atoms with E-state index in [9.17, 15) is 0 Å². The number of allylic oxidation sites excluding steroid dienone is 6. The van der Waals surface area contributed by atoms with Crippen molar-refractivity contribution >= 4 is 12.2 Å². The zero-order chi connectivity index (χ0) is 24.3. The van der Waals surface area contributed by atoms with E-state index >= 15 is 0 Å². The van der Waals surface area contributed by atoms with Crippen LogP contribution in [0.2, 0.25) is 0 Å². The average molecular weight is 445 g/mol. The quantitative estimate of drug-likeness (QED) is 0.292. The Morgan fingerprint density at radius 1 is 0.735 bits per heavy atom. The first-order valence-electron chi connectivity index (χ1n) is 10.4. The predicted molar refractivity (Wildman–Crippen MR) is 127 cm³/mol. The first-order chi connectivity index (χ1) is 16.6. The molecule has 0 aliphatic rings. The Hall–Kier alpha value is -5.24. The summed E-state index contributed by atoms with van der Waals surface area (Å²) >= 11 is 0. The second-order valence-electron chi connectivity index (χ2n) is 6.99. The van der Waals surface area contributed by atoms with Crippen LogP contribution in [0.15, 0.2) is 80.7 Å². The molecule has 0 N–H and O–H groups in total. The summed E-state index contributed by atoms with van der Waals surface area (Å²) in [5, 5.41) is 35.2. The molecule has 0 unspecified atom stereocenters. The average Bonchev–Trinajstić information content (AvgIpc) is 3.60. The second-order valence-corrected chi connectivity index (χ2v) is 6.99. The minimum atomic E-state index is 0.0174. The van der Waals surface area contributed by atoms with Gasteiger partial charge in [-0.3, -0.25) is 0 Å². The second kappa shape index (κ2) is 11.4. The summed E-state index contributed by atoms with van der Waals surface area (Å²) < 4.78 is 14.0. The molecule has 0 aliphatic heterocycles. The van der Waals surface area contributed by atoms with Crippen molar-refractivity contribution in [3.8, 4) is 47.2 Å². The van der Waals surface area contributed by atoms with Gasteiger partial charge in [-0.15, -0.1) is 0 Å². The highest BCUT2D eigenvalue weighted by Crippen LogP contribution is 2.32. The third kappa shape index (κ3) is 5.51. The SMILES string of the molecule is CCCn1c(-c2ccc(/C=C/C=C(C#N)C#N)o2)ccc1-c1ccc(/C=C/C=C(C#N)C#N)o1. The largest absolute Gasteiger partial charge is 0.455 e. The summed E-state index contributed by atoms with van der Waals surface area (Å²) in [4.78, 5) is 0. The maximum atomic E-state index is 8.80. The number of hydrogen-bond donors (Lipinski definition) is 0. The summed E-state index contributed by atoms with van der Waals surface area (Å²) in [6.45, 7) is 2.84. The lowest BCUT2D eigenvalue weighted by Crippen LogP contribution is -2.00. The van der Waals surface area contributed by atoms with Gasteiger partial charge in [0.15, 0.2) is 11.5 Å². The molecule has 7 nitrogen and oxygen atoms in total. The zero-order valence-corrected chi connectivity index (χ0v) is 18.4. The highest BCUT2D eigenvalue weighted by Gasteiger charge is 2.16. The van der Waals surface area contributed by atoms with Crippen molar-refractivity contribution in [2.75, 3.05) is 0 Å². The highest BCUT2D eigenvalue weighted by atomic mass is 16.3. The molecule has 0 aliphatic carbocycles. The molecule has 0 saturated carbocycles. The number of aromatic nitrogens is 1. The Morgan fingerprint density at radius 2 is 1.18 bits per heavy atom. The van der Waals surface area contributed by atoms with Gasteiger partial charge in [-0.1, -0.05) is 19.1 Å². The fourth-order valence-electron chi connectivity index (χ4n) is 3.20. The molecule has 0 fully saturated rings. The number of furan rings is 2. The topological polar surface area (TPSA) is 126 Å². The van der Waals surface area contributed by atoms with Crippen LogP contribution in [0.25, 0.3) is 35.1 Å². The lowest BCUT2D eigenvalue weighted by molar-refractivity contribution is 0.551. The Bertz CT molecular complexity index is 1320. The monoisotopic (exact) mass is 445 g/mol. The molecule has 0 atom stereocenters. The van der Waals surface area contributed by atoms with E-state index in [1.54, 1.807) is 48.6 Å². The van der Waals surface area contributed by atoms with Gasteiger partial charge in [0.1, 0.15) is 46.9 Å². The lowest BCUT2D eigenvalue weighted by atomic mass is 10.3. The van der Waals surface area contributed by atoms with Gasteiger partial charge in [0, 0.05) is 6.54 Å². The Morgan fingerprint density at radius 3 is 1.56 bits per heavy atom. The standard InChI is InChI=1S/C27H19N5O2/c1-2-15-32-24(26-13-9-22(33-26)7-3-5-20(16-28)17-29)11-12-25(32)27-14-10-23(34-27)8-4-6-21(18-30)19-31/h3-14H,2,15H2,1H3/b7-3+,8-4+. The maximum Gasteiger partial charge on any atom is 0.151 e. The van der Waals surface area contributed by atoms with Crippen molar-refractivity contribution in [1.29, 1.82) is 21.0 Å². The minimum Gasteiger partial charge on any atom is -0.455 e. The molecule has 7 heteroatoms. The summed E-state index contributed by atoms with van der Waals surface area (Å²) in [5.41, 5.74) is 1.82. The first-order valence-corrected chi connectivity index (χ1v) is 10.4. The van der Waals surface area contributed by atoms with Gasteiger partial charge in [0.2, 0.25) is 0 Å². The molecular weight excluding hydrogens is 426 g/mol. The van der Waals surface area contributed by atoms with Gasteiger partial charge in [-0.2, -0.15) is 21.0 Å². The molecule has 3 heterocycles. The molecule has 0 bridgehead atoms. The third-order valence-corrected chi connectivity index (χ3v) is 4.71. The van der Waals surface area contributed by atoms with Gasteiger partial charge < -0.3 is 13.4 Å². The van der Waals surface area contributed by atoms with E-state index in [0.717, 1.165) is 24.4 Å². The van der Waals surface area contributed by atoms with Gasteiger partial charge in [0.05, 0.1) is 11.4 Å². The summed E-state index contributed by atoms with van der Waals surface area (Å²) in [7, 11) is 0. The van der Waals surface area contributed by atoms with Crippen LogP contribution in [0, 0.1) is 45.3 Å². The minimum absolute atomic E-state index is 0.0174. The number of nitriles is 4. The number of rotatable bonds is 8. The van der Waals surface area contributed by atoms with Crippen molar-refractivity contribution in [2.24, 2.45) is 0 Å². The zero-order valence-electron chi connectivity index (χ0n) is 18.4. The van der Waals surface area contributed by atoms with Gasteiger partial charge in [-0.25, -0.2) is 0 Å². The van der Waals surface area contributed by atoms with Crippen LogP contribution in [0.3, 0.4) is 0 Å². The van der Waals surface area contributed by atoms with Crippen LogP contribution in [-0.4, -0.2) is 4.57 Å². The van der Waals surface area contributed by atoms with Crippen LogP contribution in [0.4, 0.5) is 0 Å². The Kier molecular flexibility index (Phi) is 7.85. The third-order valence-electron chi connectivity index (χ3n) is 4.71.